The number of nitrogens with one attached hydrogen (secondary N) is 1. The van der Waals surface area contributed by atoms with Crippen LogP contribution in [0.1, 0.15) is 47.0 Å². The third-order valence-electron chi connectivity index (χ3n) is 4.43. The quantitative estimate of drug-likeness (QED) is 0.809. The molecule has 0 aromatic carbocycles. The summed E-state index contributed by atoms with van der Waals surface area (Å²) in [6, 6.07) is 3.81. The first-order valence-corrected chi connectivity index (χ1v) is 7.87. The fraction of sp³-hybridized carbons (Fsp3) is 0.938. The zero-order chi connectivity index (χ0) is 15.3. The van der Waals surface area contributed by atoms with Gasteiger partial charge in [0.1, 0.15) is 5.54 Å². The van der Waals surface area contributed by atoms with Crippen LogP contribution in [0, 0.1) is 11.3 Å². The minimum atomic E-state index is -0.442. The van der Waals surface area contributed by atoms with Gasteiger partial charge in [-0.2, -0.15) is 5.26 Å². The lowest BCUT2D eigenvalue weighted by Gasteiger charge is -2.41. The van der Waals surface area contributed by atoms with Gasteiger partial charge in [-0.15, -0.1) is 0 Å². The molecule has 20 heavy (non-hydrogen) atoms. The molecule has 0 bridgehead atoms. The van der Waals surface area contributed by atoms with E-state index >= 15 is 0 Å². The van der Waals surface area contributed by atoms with Gasteiger partial charge in [-0.1, -0.05) is 0 Å². The van der Waals surface area contributed by atoms with Crippen LogP contribution in [0.4, 0.5) is 0 Å². The van der Waals surface area contributed by atoms with Gasteiger partial charge < -0.3 is 4.90 Å². The first kappa shape index (κ1) is 17.4. The Kier molecular flexibility index (Phi) is 6.44. The topological polar surface area (TPSA) is 42.3 Å². The molecule has 0 saturated carbocycles. The van der Waals surface area contributed by atoms with Gasteiger partial charge in [-0.3, -0.25) is 10.2 Å². The number of likely N-dealkylation sites (N-methyl/N-ethyl adjacent to an activating group) is 2. The second-order valence-corrected chi connectivity index (χ2v) is 7.02. The van der Waals surface area contributed by atoms with Gasteiger partial charge in [0.2, 0.25) is 0 Å². The monoisotopic (exact) mass is 280 g/mol. The Bertz CT molecular complexity index is 336. The van der Waals surface area contributed by atoms with Gasteiger partial charge >= 0.3 is 0 Å². The van der Waals surface area contributed by atoms with E-state index in [0.717, 1.165) is 13.0 Å². The maximum absolute atomic E-state index is 9.48. The number of hydrogen-bond acceptors (Lipinski definition) is 4. The van der Waals surface area contributed by atoms with E-state index in [4.69, 9.17) is 0 Å². The van der Waals surface area contributed by atoms with Crippen molar-refractivity contribution >= 4 is 0 Å². The number of nitrogens with zero attached hydrogens (tertiary/aromatic N) is 3. The van der Waals surface area contributed by atoms with Crippen molar-refractivity contribution in [2.75, 3.05) is 27.2 Å². The van der Waals surface area contributed by atoms with Crippen LogP contribution in [-0.4, -0.2) is 60.6 Å². The van der Waals surface area contributed by atoms with E-state index < -0.39 is 5.54 Å². The predicted molar refractivity (Wildman–Crippen MR) is 84.7 cm³/mol. The molecule has 0 radical (unpaired) electrons. The van der Waals surface area contributed by atoms with Gasteiger partial charge in [0.15, 0.2) is 0 Å². The van der Waals surface area contributed by atoms with Crippen LogP contribution in [0.5, 0.6) is 0 Å². The Labute approximate surface area is 125 Å². The highest BCUT2D eigenvalue weighted by molar-refractivity contribution is 5.06. The largest absolute Gasteiger partial charge is 0.305 e. The zero-order valence-electron chi connectivity index (χ0n) is 14.1. The fourth-order valence-corrected chi connectivity index (χ4v) is 3.34. The van der Waals surface area contributed by atoms with E-state index in [1.54, 1.807) is 0 Å². The highest BCUT2D eigenvalue weighted by Gasteiger charge is 2.31. The standard InChI is InChI=1S/C16H32N4/c1-13(2)18-16(4,12-17)10-14(3)20(6)15-8-7-9-19(5)11-15/h13-15,18H,7-11H2,1-6H3. The number of rotatable bonds is 6. The molecule has 1 heterocycles. The molecule has 1 N–H and O–H groups in total. The molecule has 4 heteroatoms. The van der Waals surface area contributed by atoms with Crippen molar-refractivity contribution < 1.29 is 0 Å². The molecule has 0 amide bonds. The molecule has 0 aromatic rings. The molecule has 3 unspecified atom stereocenters. The molecule has 3 atom stereocenters. The number of piperidine rings is 1. The first-order valence-electron chi connectivity index (χ1n) is 7.87. The Morgan fingerprint density at radius 1 is 1.45 bits per heavy atom. The van der Waals surface area contributed by atoms with Crippen molar-refractivity contribution in [3.8, 4) is 6.07 Å². The smallest absolute Gasteiger partial charge is 0.105 e. The average molecular weight is 280 g/mol. The van der Waals surface area contributed by atoms with E-state index in [0.29, 0.717) is 18.1 Å². The lowest BCUT2D eigenvalue weighted by Crippen LogP contribution is -2.53. The van der Waals surface area contributed by atoms with Gasteiger partial charge in [-0.05, 0) is 67.6 Å². The molecule has 1 aliphatic heterocycles. The summed E-state index contributed by atoms with van der Waals surface area (Å²) in [6.45, 7) is 10.8. The second kappa shape index (κ2) is 7.40. The molecular formula is C16H32N4. The lowest BCUT2D eigenvalue weighted by molar-refractivity contribution is 0.0923. The summed E-state index contributed by atoms with van der Waals surface area (Å²) in [4.78, 5) is 4.88. The fourth-order valence-electron chi connectivity index (χ4n) is 3.34. The summed E-state index contributed by atoms with van der Waals surface area (Å²) >= 11 is 0. The zero-order valence-corrected chi connectivity index (χ0v) is 14.1. The summed E-state index contributed by atoms with van der Waals surface area (Å²) in [5.74, 6) is 0. The molecule has 4 nitrogen and oxygen atoms in total. The SMILES string of the molecule is CC(C)NC(C)(C#N)CC(C)N(C)C1CCCN(C)C1. The van der Waals surface area contributed by atoms with Crippen molar-refractivity contribution in [1.29, 1.82) is 5.26 Å². The summed E-state index contributed by atoms with van der Waals surface area (Å²) in [6.07, 6.45) is 3.41. The molecule has 1 saturated heterocycles. The molecule has 1 rings (SSSR count). The minimum Gasteiger partial charge on any atom is -0.305 e. The predicted octanol–water partition coefficient (Wildman–Crippen LogP) is 2.07. The van der Waals surface area contributed by atoms with Gasteiger partial charge in [0.05, 0.1) is 6.07 Å². The summed E-state index contributed by atoms with van der Waals surface area (Å²) in [5, 5.41) is 12.9. The molecule has 0 aromatic heterocycles. The third-order valence-corrected chi connectivity index (χ3v) is 4.43. The summed E-state index contributed by atoms with van der Waals surface area (Å²) < 4.78 is 0. The highest BCUT2D eigenvalue weighted by atomic mass is 15.2. The van der Waals surface area contributed by atoms with Crippen LogP contribution in [-0.2, 0) is 0 Å². The van der Waals surface area contributed by atoms with Gasteiger partial charge in [0.25, 0.3) is 0 Å². The number of nitriles is 1. The molecular weight excluding hydrogens is 248 g/mol. The third kappa shape index (κ3) is 5.05. The molecule has 1 fully saturated rings. The maximum Gasteiger partial charge on any atom is 0.105 e. The van der Waals surface area contributed by atoms with E-state index in [1.165, 1.54) is 19.4 Å². The second-order valence-electron chi connectivity index (χ2n) is 7.02. The van der Waals surface area contributed by atoms with Crippen LogP contribution in [0.15, 0.2) is 0 Å². The maximum atomic E-state index is 9.48. The Balaban J connectivity index is 2.59. The Morgan fingerprint density at radius 2 is 2.10 bits per heavy atom. The summed E-state index contributed by atoms with van der Waals surface area (Å²) in [5.41, 5.74) is -0.442. The summed E-state index contributed by atoms with van der Waals surface area (Å²) in [7, 11) is 4.41. The number of likely N-dealkylation sites (tertiary alicyclic amines) is 1. The highest BCUT2D eigenvalue weighted by Crippen LogP contribution is 2.21. The normalized spacial score (nSPS) is 25.4. The number of hydrogen-bond donors (Lipinski definition) is 1. The van der Waals surface area contributed by atoms with Crippen molar-refractivity contribution in [3.05, 3.63) is 0 Å². The van der Waals surface area contributed by atoms with Crippen LogP contribution in [0.25, 0.3) is 0 Å². The van der Waals surface area contributed by atoms with Crippen molar-refractivity contribution in [2.45, 2.75) is 70.6 Å². The molecule has 116 valence electrons. The molecule has 0 aliphatic carbocycles. The van der Waals surface area contributed by atoms with Crippen LogP contribution in [0.3, 0.4) is 0 Å². The lowest BCUT2D eigenvalue weighted by atomic mass is 9.92. The van der Waals surface area contributed by atoms with Crippen LogP contribution >= 0.6 is 0 Å². The van der Waals surface area contributed by atoms with E-state index in [9.17, 15) is 5.26 Å². The van der Waals surface area contributed by atoms with Gasteiger partial charge in [0, 0.05) is 24.7 Å². The van der Waals surface area contributed by atoms with Crippen molar-refractivity contribution in [1.82, 2.24) is 15.1 Å². The van der Waals surface area contributed by atoms with Crippen molar-refractivity contribution in [2.24, 2.45) is 0 Å². The minimum absolute atomic E-state index is 0.331. The van der Waals surface area contributed by atoms with Crippen molar-refractivity contribution in [3.63, 3.8) is 0 Å². The molecule has 1 aliphatic rings. The van der Waals surface area contributed by atoms with Gasteiger partial charge in [-0.25, -0.2) is 0 Å². The van der Waals surface area contributed by atoms with E-state index in [2.05, 4.69) is 56.1 Å². The van der Waals surface area contributed by atoms with Crippen LogP contribution in [0.2, 0.25) is 0 Å². The van der Waals surface area contributed by atoms with E-state index in [1.807, 2.05) is 6.92 Å². The Hall–Kier alpha value is -0.630. The molecule has 0 spiro atoms. The van der Waals surface area contributed by atoms with E-state index in [-0.39, 0.29) is 0 Å². The first-order chi connectivity index (χ1) is 9.27. The van der Waals surface area contributed by atoms with Crippen LogP contribution < -0.4 is 5.32 Å². The Morgan fingerprint density at radius 3 is 2.60 bits per heavy atom. The average Bonchev–Trinajstić information content (AvgIpc) is 2.36.